The number of benzene rings is 2. The van der Waals surface area contributed by atoms with Crippen molar-refractivity contribution in [1.82, 2.24) is 20.4 Å². The number of likely N-dealkylation sites (tertiary alicyclic amines) is 2. The molecule has 8 atom stereocenters. The van der Waals surface area contributed by atoms with Gasteiger partial charge in [-0.05, 0) is 31.9 Å². The zero-order valence-corrected chi connectivity index (χ0v) is 26.8. The van der Waals surface area contributed by atoms with Gasteiger partial charge in [0.15, 0.2) is 0 Å². The van der Waals surface area contributed by atoms with Crippen molar-refractivity contribution in [3.05, 3.63) is 71.8 Å². The summed E-state index contributed by atoms with van der Waals surface area (Å²) in [5, 5.41) is 5.69. The third kappa shape index (κ3) is 6.84. The summed E-state index contributed by atoms with van der Waals surface area (Å²) in [4.78, 5) is 68.8. The molecule has 2 saturated heterocycles. The number of hydrogen-bond donors (Lipinski definition) is 2. The number of methoxy groups -OCH3 is 1. The highest BCUT2D eigenvalue weighted by molar-refractivity contribution is 5.93. The van der Waals surface area contributed by atoms with Crippen LogP contribution in [0.3, 0.4) is 0 Å². The van der Waals surface area contributed by atoms with Crippen LogP contribution in [0.4, 0.5) is 14.4 Å². The average Bonchev–Trinajstić information content (AvgIpc) is 3.74. The van der Waals surface area contributed by atoms with Crippen LogP contribution >= 0.6 is 0 Å². The van der Waals surface area contributed by atoms with E-state index in [1.807, 2.05) is 60.7 Å². The van der Waals surface area contributed by atoms with Gasteiger partial charge in [-0.15, -0.1) is 0 Å². The van der Waals surface area contributed by atoms with Crippen LogP contribution in [0.5, 0.6) is 0 Å². The van der Waals surface area contributed by atoms with E-state index in [4.69, 9.17) is 18.9 Å². The highest BCUT2D eigenvalue weighted by Crippen LogP contribution is 2.54. The average molecular weight is 649 g/mol. The smallest absolute Gasteiger partial charge is 0.410 e. The molecule has 0 bridgehead atoms. The van der Waals surface area contributed by atoms with Crippen molar-refractivity contribution in [2.24, 2.45) is 23.7 Å². The van der Waals surface area contributed by atoms with E-state index < -0.39 is 59.8 Å². The van der Waals surface area contributed by atoms with E-state index >= 15 is 0 Å². The van der Waals surface area contributed by atoms with Crippen molar-refractivity contribution >= 4 is 30.2 Å². The number of ether oxygens (including phenoxy) is 4. The first-order valence-electron chi connectivity index (χ1n) is 15.8. The summed E-state index contributed by atoms with van der Waals surface area (Å²) in [5.74, 6) is -2.19. The van der Waals surface area contributed by atoms with Crippen LogP contribution in [0, 0.1) is 23.7 Å². The number of nitrogens with zero attached hydrogens (tertiary/aromatic N) is 2. The molecule has 4 aliphatic rings. The van der Waals surface area contributed by atoms with E-state index in [0.717, 1.165) is 11.1 Å². The number of carbonyl (C=O) groups excluding carboxylic acids is 5. The zero-order valence-electron chi connectivity index (χ0n) is 26.8. The van der Waals surface area contributed by atoms with Crippen molar-refractivity contribution in [2.45, 2.75) is 63.8 Å². The van der Waals surface area contributed by atoms with Crippen LogP contribution in [-0.4, -0.2) is 89.9 Å². The Labute approximate surface area is 272 Å². The molecular weight excluding hydrogens is 608 g/mol. The first-order valence-corrected chi connectivity index (χ1v) is 15.8. The van der Waals surface area contributed by atoms with Crippen LogP contribution in [0.2, 0.25) is 0 Å². The van der Waals surface area contributed by atoms with Gasteiger partial charge in [0.25, 0.3) is 0 Å². The minimum absolute atomic E-state index is 0.0908. The van der Waals surface area contributed by atoms with Gasteiger partial charge in [-0.1, -0.05) is 60.7 Å². The summed E-state index contributed by atoms with van der Waals surface area (Å²) >= 11 is 0. The minimum Gasteiger partial charge on any atom is -0.467 e. The molecule has 4 fully saturated rings. The molecule has 6 rings (SSSR count). The van der Waals surface area contributed by atoms with E-state index in [2.05, 4.69) is 10.6 Å². The van der Waals surface area contributed by atoms with Crippen molar-refractivity contribution in [1.29, 1.82) is 0 Å². The standard InChI is InChI=1S/C34H40N4O9/c1-34(2,3)47-33(43)38-16-22-23(25(22)35-31(41)45-17-19-11-7-5-8-12-19)27(38)29(39)37-15-21-24(28(37)30(40)44-4)26(21)36-32(42)46-18-20-13-9-6-10-14-20/h5-14,21-28H,15-18H2,1-4H3,(H,35,41)(H,36,42)/t21-,22+,23-,24+,25-,26+,27+,28-/m1/s1. The predicted molar refractivity (Wildman–Crippen MR) is 165 cm³/mol. The van der Waals surface area contributed by atoms with Crippen LogP contribution in [0.15, 0.2) is 60.7 Å². The number of fused-ring (bicyclic) bond motifs is 2. The molecule has 2 aliphatic heterocycles. The Morgan fingerprint density at radius 1 is 0.723 bits per heavy atom. The minimum atomic E-state index is -0.971. The van der Waals surface area contributed by atoms with E-state index in [9.17, 15) is 24.0 Å². The molecule has 2 aromatic rings. The van der Waals surface area contributed by atoms with Crippen LogP contribution in [0.25, 0.3) is 0 Å². The molecule has 13 nitrogen and oxygen atoms in total. The lowest BCUT2D eigenvalue weighted by molar-refractivity contribution is -0.154. The number of carbonyl (C=O) groups is 5. The summed E-state index contributed by atoms with van der Waals surface area (Å²) in [6.07, 6.45) is -1.88. The number of hydrogen-bond acceptors (Lipinski definition) is 9. The number of esters is 1. The van der Waals surface area contributed by atoms with Gasteiger partial charge in [0.1, 0.15) is 30.9 Å². The Balaban J connectivity index is 1.12. The molecule has 0 aromatic heterocycles. The maximum absolute atomic E-state index is 14.3. The number of piperidine rings is 2. The third-order valence-electron chi connectivity index (χ3n) is 9.28. The number of alkyl carbamates (subject to hydrolysis) is 2. The van der Waals surface area contributed by atoms with Gasteiger partial charge >= 0.3 is 24.2 Å². The fourth-order valence-electron chi connectivity index (χ4n) is 7.05. The van der Waals surface area contributed by atoms with Crippen molar-refractivity contribution in [3.8, 4) is 0 Å². The fraction of sp³-hybridized carbons (Fsp3) is 0.500. The molecule has 2 N–H and O–H groups in total. The lowest BCUT2D eigenvalue weighted by atomic mass is 10.1. The van der Waals surface area contributed by atoms with Gasteiger partial charge < -0.3 is 34.5 Å². The predicted octanol–water partition coefficient (Wildman–Crippen LogP) is 3.07. The Hall–Kier alpha value is -4.81. The zero-order chi connectivity index (χ0) is 33.5. The Morgan fingerprint density at radius 3 is 1.66 bits per heavy atom. The summed E-state index contributed by atoms with van der Waals surface area (Å²) in [6, 6.07) is 15.8. The molecule has 2 aromatic carbocycles. The van der Waals surface area contributed by atoms with Gasteiger partial charge in [0, 0.05) is 48.8 Å². The van der Waals surface area contributed by atoms with Gasteiger partial charge in [-0.3, -0.25) is 9.69 Å². The Morgan fingerprint density at radius 2 is 1.19 bits per heavy atom. The molecule has 2 saturated carbocycles. The SMILES string of the molecule is COC(=O)[C@H]1[C@H]2[C@@H](CN1C(=O)[C@@H]1[C@@H]3[C@H](CN1C(=O)OC(C)(C)C)[C@H]3NC(=O)OCc1ccccc1)[C@@H]2NC(=O)OCc1ccccc1. The maximum atomic E-state index is 14.3. The summed E-state index contributed by atoms with van der Waals surface area (Å²) in [7, 11) is 1.25. The second-order valence-electron chi connectivity index (χ2n) is 13.5. The molecule has 2 heterocycles. The first-order chi connectivity index (χ1) is 22.5. The third-order valence-corrected chi connectivity index (χ3v) is 9.28. The fourth-order valence-corrected chi connectivity index (χ4v) is 7.05. The second kappa shape index (κ2) is 12.8. The molecular formula is C34H40N4O9. The quantitative estimate of drug-likeness (QED) is 0.325. The number of nitrogens with one attached hydrogen (secondary N) is 2. The number of amides is 4. The highest BCUT2D eigenvalue weighted by Gasteiger charge is 2.70. The van der Waals surface area contributed by atoms with E-state index in [1.165, 1.54) is 16.9 Å². The Kier molecular flexibility index (Phi) is 8.73. The van der Waals surface area contributed by atoms with Gasteiger partial charge in [0.2, 0.25) is 5.91 Å². The largest absolute Gasteiger partial charge is 0.467 e. The first kappa shape index (κ1) is 32.1. The lowest BCUT2D eigenvalue weighted by Crippen LogP contribution is -2.57. The van der Waals surface area contributed by atoms with E-state index in [1.54, 1.807) is 20.8 Å². The highest BCUT2D eigenvalue weighted by atomic mass is 16.6. The maximum Gasteiger partial charge on any atom is 0.410 e. The van der Waals surface area contributed by atoms with Gasteiger partial charge in [-0.2, -0.15) is 0 Å². The molecule has 2 aliphatic carbocycles. The molecule has 0 unspecified atom stereocenters. The number of rotatable bonds is 8. The Bertz CT molecular complexity index is 1510. The monoisotopic (exact) mass is 648 g/mol. The van der Waals surface area contributed by atoms with Crippen LogP contribution < -0.4 is 10.6 Å². The second-order valence-corrected chi connectivity index (χ2v) is 13.5. The summed E-state index contributed by atoms with van der Waals surface area (Å²) < 4.78 is 21.5. The van der Waals surface area contributed by atoms with E-state index in [-0.39, 0.29) is 50.1 Å². The lowest BCUT2D eigenvalue weighted by Gasteiger charge is -2.35. The van der Waals surface area contributed by atoms with Gasteiger partial charge in [-0.25, -0.2) is 19.2 Å². The normalized spacial score (nSPS) is 28.3. The van der Waals surface area contributed by atoms with Crippen LogP contribution in [0.1, 0.15) is 31.9 Å². The molecule has 4 amide bonds. The molecule has 13 heteroatoms. The van der Waals surface area contributed by atoms with Crippen molar-refractivity contribution in [3.63, 3.8) is 0 Å². The summed E-state index contributed by atoms with van der Waals surface area (Å²) in [5.41, 5.74) is 0.875. The topological polar surface area (TPSA) is 153 Å². The van der Waals surface area contributed by atoms with Crippen LogP contribution in [-0.2, 0) is 41.8 Å². The van der Waals surface area contributed by atoms with E-state index in [0.29, 0.717) is 0 Å². The van der Waals surface area contributed by atoms with Crippen molar-refractivity contribution < 1.29 is 42.9 Å². The molecule has 0 spiro atoms. The van der Waals surface area contributed by atoms with Gasteiger partial charge in [0.05, 0.1) is 7.11 Å². The molecule has 250 valence electrons. The molecule has 47 heavy (non-hydrogen) atoms. The van der Waals surface area contributed by atoms with Crippen molar-refractivity contribution in [2.75, 3.05) is 20.2 Å². The summed E-state index contributed by atoms with van der Waals surface area (Å²) in [6.45, 7) is 5.79. The molecule has 0 radical (unpaired) electrons.